The zero-order valence-corrected chi connectivity index (χ0v) is 10.5. The largest absolute Gasteiger partial charge is 0.396 e. The minimum Gasteiger partial charge on any atom is -0.396 e. The molecule has 1 saturated heterocycles. The molecule has 2 rings (SSSR count). The van der Waals surface area contributed by atoms with Gasteiger partial charge in [-0.2, -0.15) is 0 Å². The second-order valence-corrected chi connectivity index (χ2v) is 5.41. The van der Waals surface area contributed by atoms with Crippen LogP contribution in [0.1, 0.15) is 39.0 Å². The fraction of sp³-hybridized carbons (Fsp3) is 1.00. The summed E-state index contributed by atoms with van der Waals surface area (Å²) in [7, 11) is 0. The monoisotopic (exact) mass is 226 g/mol. The standard InChI is InChI=1S/C13H26N2O/c1-2-14-12-8-11(6-7-16)9-15(10-12)13-4-3-5-13/h11-14,16H,2-10H2,1H3. The molecule has 1 aliphatic carbocycles. The Morgan fingerprint density at radius 1 is 1.31 bits per heavy atom. The highest BCUT2D eigenvalue weighted by Crippen LogP contribution is 2.30. The molecule has 0 aromatic carbocycles. The maximum Gasteiger partial charge on any atom is 0.0434 e. The normalized spacial score (nSPS) is 32.6. The molecule has 0 spiro atoms. The number of aliphatic hydroxyl groups is 1. The predicted molar refractivity (Wildman–Crippen MR) is 66.5 cm³/mol. The van der Waals surface area contributed by atoms with Crippen molar-refractivity contribution in [2.24, 2.45) is 5.92 Å². The highest BCUT2D eigenvalue weighted by molar-refractivity contribution is 4.89. The van der Waals surface area contributed by atoms with Crippen molar-refractivity contribution in [3.63, 3.8) is 0 Å². The van der Waals surface area contributed by atoms with Gasteiger partial charge in [0.05, 0.1) is 0 Å². The number of hydrogen-bond acceptors (Lipinski definition) is 3. The van der Waals surface area contributed by atoms with E-state index < -0.39 is 0 Å². The number of rotatable bonds is 5. The van der Waals surface area contributed by atoms with Crippen molar-refractivity contribution in [1.29, 1.82) is 0 Å². The molecule has 94 valence electrons. The maximum atomic E-state index is 9.09. The van der Waals surface area contributed by atoms with Crippen molar-refractivity contribution in [1.82, 2.24) is 10.2 Å². The smallest absolute Gasteiger partial charge is 0.0434 e. The Kier molecular flexibility index (Phi) is 4.62. The summed E-state index contributed by atoms with van der Waals surface area (Å²) in [5.74, 6) is 0.698. The van der Waals surface area contributed by atoms with E-state index in [2.05, 4.69) is 17.1 Å². The van der Waals surface area contributed by atoms with Crippen LogP contribution in [0.4, 0.5) is 0 Å². The Hall–Kier alpha value is -0.120. The third kappa shape index (κ3) is 2.96. The van der Waals surface area contributed by atoms with Crippen LogP contribution >= 0.6 is 0 Å². The van der Waals surface area contributed by atoms with E-state index in [-0.39, 0.29) is 0 Å². The Bertz CT molecular complexity index is 192. The van der Waals surface area contributed by atoms with Crippen LogP contribution in [0.25, 0.3) is 0 Å². The van der Waals surface area contributed by atoms with Crippen LogP contribution in [0, 0.1) is 5.92 Å². The number of nitrogens with one attached hydrogen (secondary N) is 1. The molecule has 2 atom stereocenters. The second-order valence-electron chi connectivity index (χ2n) is 5.41. The average molecular weight is 226 g/mol. The minimum absolute atomic E-state index is 0.349. The Morgan fingerprint density at radius 3 is 2.69 bits per heavy atom. The fourth-order valence-corrected chi connectivity index (χ4v) is 3.12. The lowest BCUT2D eigenvalue weighted by molar-refractivity contribution is 0.0513. The first-order chi connectivity index (χ1) is 7.83. The van der Waals surface area contributed by atoms with E-state index in [4.69, 9.17) is 5.11 Å². The van der Waals surface area contributed by atoms with Gasteiger partial charge in [0.1, 0.15) is 0 Å². The third-order valence-electron chi connectivity index (χ3n) is 4.19. The Morgan fingerprint density at radius 2 is 2.12 bits per heavy atom. The number of piperidine rings is 1. The van der Waals surface area contributed by atoms with Crippen LogP contribution in [-0.4, -0.2) is 48.3 Å². The first-order valence-corrected chi connectivity index (χ1v) is 6.91. The second kappa shape index (κ2) is 5.99. The quantitative estimate of drug-likeness (QED) is 0.740. The van der Waals surface area contributed by atoms with Gasteiger partial charge in [0.2, 0.25) is 0 Å². The molecular weight excluding hydrogens is 200 g/mol. The van der Waals surface area contributed by atoms with Crippen LogP contribution in [0.2, 0.25) is 0 Å². The van der Waals surface area contributed by atoms with Crippen LogP contribution < -0.4 is 5.32 Å². The number of likely N-dealkylation sites (tertiary alicyclic amines) is 1. The molecule has 1 saturated carbocycles. The van der Waals surface area contributed by atoms with E-state index in [1.165, 1.54) is 38.8 Å². The number of aliphatic hydroxyl groups excluding tert-OH is 1. The predicted octanol–water partition coefficient (Wildman–Crippen LogP) is 1.22. The topological polar surface area (TPSA) is 35.5 Å². The molecule has 0 aromatic heterocycles. The van der Waals surface area contributed by atoms with Gasteiger partial charge in [0, 0.05) is 31.8 Å². The molecule has 16 heavy (non-hydrogen) atoms. The lowest BCUT2D eigenvalue weighted by atomic mass is 9.85. The highest BCUT2D eigenvalue weighted by atomic mass is 16.3. The summed E-state index contributed by atoms with van der Waals surface area (Å²) in [6.45, 7) is 6.04. The minimum atomic E-state index is 0.349. The van der Waals surface area contributed by atoms with E-state index in [1.807, 2.05) is 0 Å². The summed E-state index contributed by atoms with van der Waals surface area (Å²) in [4.78, 5) is 2.67. The molecule has 0 bridgehead atoms. The maximum absolute atomic E-state index is 9.09. The molecular formula is C13H26N2O. The van der Waals surface area contributed by atoms with Gasteiger partial charge in [0.25, 0.3) is 0 Å². The van der Waals surface area contributed by atoms with Crippen molar-refractivity contribution in [3.8, 4) is 0 Å². The molecule has 2 aliphatic rings. The molecule has 2 unspecified atom stereocenters. The summed E-state index contributed by atoms with van der Waals surface area (Å²) in [6, 6.07) is 1.50. The third-order valence-corrected chi connectivity index (χ3v) is 4.19. The van der Waals surface area contributed by atoms with Crippen molar-refractivity contribution in [2.45, 2.75) is 51.1 Å². The van der Waals surface area contributed by atoms with E-state index in [0.717, 1.165) is 19.0 Å². The van der Waals surface area contributed by atoms with Gasteiger partial charge in [0.15, 0.2) is 0 Å². The SMILES string of the molecule is CCNC1CC(CCO)CN(C2CCC2)C1. The molecule has 3 heteroatoms. The van der Waals surface area contributed by atoms with E-state index in [9.17, 15) is 0 Å². The summed E-state index contributed by atoms with van der Waals surface area (Å²) in [5.41, 5.74) is 0. The zero-order valence-electron chi connectivity index (χ0n) is 10.5. The highest BCUT2D eigenvalue weighted by Gasteiger charge is 2.32. The van der Waals surface area contributed by atoms with E-state index >= 15 is 0 Å². The van der Waals surface area contributed by atoms with Crippen LogP contribution in [0.15, 0.2) is 0 Å². The van der Waals surface area contributed by atoms with Crippen LogP contribution in [-0.2, 0) is 0 Å². The van der Waals surface area contributed by atoms with Gasteiger partial charge < -0.3 is 10.4 Å². The summed E-state index contributed by atoms with van der Waals surface area (Å²) in [6.07, 6.45) is 6.43. The van der Waals surface area contributed by atoms with Crippen molar-refractivity contribution in [3.05, 3.63) is 0 Å². The van der Waals surface area contributed by atoms with Crippen molar-refractivity contribution >= 4 is 0 Å². The lowest BCUT2D eigenvalue weighted by Crippen LogP contribution is -2.54. The van der Waals surface area contributed by atoms with Gasteiger partial charge in [-0.15, -0.1) is 0 Å². The molecule has 0 aromatic rings. The molecule has 1 heterocycles. The number of hydrogen-bond donors (Lipinski definition) is 2. The first kappa shape index (κ1) is 12.3. The van der Waals surface area contributed by atoms with Crippen molar-refractivity contribution in [2.75, 3.05) is 26.2 Å². The van der Waals surface area contributed by atoms with Crippen LogP contribution in [0.3, 0.4) is 0 Å². The molecule has 1 aliphatic heterocycles. The van der Waals surface area contributed by atoms with Gasteiger partial charge in [-0.25, -0.2) is 0 Å². The van der Waals surface area contributed by atoms with E-state index in [0.29, 0.717) is 18.6 Å². The van der Waals surface area contributed by atoms with Gasteiger partial charge in [-0.1, -0.05) is 13.3 Å². The fourth-order valence-electron chi connectivity index (χ4n) is 3.12. The molecule has 0 radical (unpaired) electrons. The molecule has 2 N–H and O–H groups in total. The lowest BCUT2D eigenvalue weighted by Gasteiger charge is -2.45. The van der Waals surface area contributed by atoms with E-state index in [1.54, 1.807) is 0 Å². The Balaban J connectivity index is 1.87. The number of nitrogens with zero attached hydrogens (tertiary/aromatic N) is 1. The summed E-state index contributed by atoms with van der Waals surface area (Å²) in [5, 5.41) is 12.7. The molecule has 3 nitrogen and oxygen atoms in total. The van der Waals surface area contributed by atoms with Crippen molar-refractivity contribution < 1.29 is 5.11 Å². The van der Waals surface area contributed by atoms with Gasteiger partial charge in [-0.3, -0.25) is 4.90 Å². The zero-order chi connectivity index (χ0) is 11.4. The van der Waals surface area contributed by atoms with Gasteiger partial charge in [-0.05, 0) is 38.1 Å². The number of likely N-dealkylation sites (N-methyl/N-ethyl adjacent to an activating group) is 1. The Labute approximate surface area is 99.2 Å². The summed E-state index contributed by atoms with van der Waals surface area (Å²) >= 11 is 0. The van der Waals surface area contributed by atoms with Crippen LogP contribution in [0.5, 0.6) is 0 Å². The molecule has 0 amide bonds. The van der Waals surface area contributed by atoms with Gasteiger partial charge >= 0.3 is 0 Å². The molecule has 2 fully saturated rings. The summed E-state index contributed by atoms with van der Waals surface area (Å²) < 4.78 is 0. The first-order valence-electron chi connectivity index (χ1n) is 6.91. The average Bonchev–Trinajstić information content (AvgIpc) is 2.15.